The molecule has 0 aromatic heterocycles. The third-order valence-corrected chi connectivity index (χ3v) is 4.43. The highest BCUT2D eigenvalue weighted by atomic mass is 35.5. The second kappa shape index (κ2) is 6.86. The number of carbonyl (C=O) groups is 2. The molecule has 4 nitrogen and oxygen atoms in total. The topological polar surface area (TPSA) is 57.6 Å². The van der Waals surface area contributed by atoms with Crippen LogP contribution in [0.2, 0.25) is 10.0 Å². The van der Waals surface area contributed by atoms with Crippen molar-refractivity contribution in [3.05, 3.63) is 75.2 Å². The van der Waals surface area contributed by atoms with E-state index in [1.807, 2.05) is 0 Å². The summed E-state index contributed by atoms with van der Waals surface area (Å²) in [5.41, 5.74) is 0.858. The zero-order valence-corrected chi connectivity index (χ0v) is 14.3. The molecule has 0 saturated heterocycles. The van der Waals surface area contributed by atoms with Gasteiger partial charge in [-0.25, -0.2) is 4.39 Å². The number of imide groups is 1. The Bertz CT molecular complexity index is 894. The van der Waals surface area contributed by atoms with Crippen LogP contribution in [0.15, 0.2) is 48.2 Å². The van der Waals surface area contributed by atoms with E-state index in [9.17, 15) is 19.1 Å². The van der Waals surface area contributed by atoms with Gasteiger partial charge in [-0.1, -0.05) is 41.4 Å². The van der Waals surface area contributed by atoms with Crippen molar-refractivity contribution in [3.8, 4) is 0 Å². The molecule has 2 aromatic rings. The standard InChI is InChI=1S/C18H12Cl2FNO3/c19-11-3-6-13(14(20)9-11)15-16(23)18(25)22(17(15)24)8-7-10-1-4-12(21)5-2-10/h1-6,9,23H,7-8H2. The summed E-state index contributed by atoms with van der Waals surface area (Å²) in [5.74, 6) is -2.42. The molecule has 1 aliphatic rings. The van der Waals surface area contributed by atoms with Gasteiger partial charge in [-0.2, -0.15) is 0 Å². The van der Waals surface area contributed by atoms with Crippen LogP contribution in [0.25, 0.3) is 5.57 Å². The minimum atomic E-state index is -0.784. The molecule has 1 aliphatic heterocycles. The molecular formula is C18H12Cl2FNO3. The number of halogens is 3. The Labute approximate surface area is 153 Å². The van der Waals surface area contributed by atoms with Gasteiger partial charge in [0.1, 0.15) is 5.82 Å². The van der Waals surface area contributed by atoms with E-state index in [0.717, 1.165) is 10.5 Å². The third-order valence-electron chi connectivity index (χ3n) is 3.88. The van der Waals surface area contributed by atoms with Crippen LogP contribution < -0.4 is 0 Å². The summed E-state index contributed by atoms with van der Waals surface area (Å²) in [5, 5.41) is 10.6. The fourth-order valence-electron chi connectivity index (χ4n) is 2.59. The predicted octanol–water partition coefficient (Wildman–Crippen LogP) is 4.01. The van der Waals surface area contributed by atoms with Gasteiger partial charge in [-0.05, 0) is 36.2 Å². The van der Waals surface area contributed by atoms with Gasteiger partial charge in [-0.3, -0.25) is 14.5 Å². The van der Waals surface area contributed by atoms with Crippen LogP contribution in [0, 0.1) is 5.82 Å². The predicted molar refractivity (Wildman–Crippen MR) is 92.8 cm³/mol. The first-order valence-corrected chi connectivity index (χ1v) is 8.13. The molecule has 128 valence electrons. The van der Waals surface area contributed by atoms with E-state index in [4.69, 9.17) is 23.2 Å². The zero-order chi connectivity index (χ0) is 18.1. The molecule has 0 radical (unpaired) electrons. The molecule has 0 bridgehead atoms. The Kier molecular flexibility index (Phi) is 4.79. The molecule has 0 saturated carbocycles. The number of amides is 2. The molecule has 25 heavy (non-hydrogen) atoms. The van der Waals surface area contributed by atoms with Crippen molar-refractivity contribution in [2.24, 2.45) is 0 Å². The van der Waals surface area contributed by atoms with Crippen molar-refractivity contribution in [1.82, 2.24) is 4.90 Å². The second-order valence-electron chi connectivity index (χ2n) is 5.49. The summed E-state index contributed by atoms with van der Waals surface area (Å²) in [6.07, 6.45) is 0.340. The van der Waals surface area contributed by atoms with Gasteiger partial charge in [0.25, 0.3) is 11.8 Å². The van der Waals surface area contributed by atoms with E-state index in [2.05, 4.69) is 0 Å². The van der Waals surface area contributed by atoms with E-state index in [0.29, 0.717) is 11.4 Å². The van der Waals surface area contributed by atoms with Crippen molar-refractivity contribution in [2.75, 3.05) is 6.54 Å². The molecule has 0 atom stereocenters. The summed E-state index contributed by atoms with van der Waals surface area (Å²) in [6, 6.07) is 10.2. The lowest BCUT2D eigenvalue weighted by Gasteiger charge is -2.14. The molecule has 2 aromatic carbocycles. The number of rotatable bonds is 4. The van der Waals surface area contributed by atoms with Gasteiger partial charge in [-0.15, -0.1) is 0 Å². The lowest BCUT2D eigenvalue weighted by atomic mass is 10.1. The molecule has 7 heteroatoms. The van der Waals surface area contributed by atoms with Crippen LogP contribution in [0.5, 0.6) is 0 Å². The van der Waals surface area contributed by atoms with Gasteiger partial charge in [0.15, 0.2) is 5.76 Å². The highest BCUT2D eigenvalue weighted by Crippen LogP contribution is 2.33. The van der Waals surface area contributed by atoms with Crippen LogP contribution in [0.4, 0.5) is 4.39 Å². The quantitative estimate of drug-likeness (QED) is 0.816. The van der Waals surface area contributed by atoms with E-state index in [1.54, 1.807) is 12.1 Å². The van der Waals surface area contributed by atoms with Crippen molar-refractivity contribution < 1.29 is 19.1 Å². The first kappa shape index (κ1) is 17.5. The molecule has 0 spiro atoms. The number of aliphatic hydroxyl groups excluding tert-OH is 1. The van der Waals surface area contributed by atoms with E-state index in [1.165, 1.54) is 30.3 Å². The molecule has 3 rings (SSSR count). The molecular weight excluding hydrogens is 368 g/mol. The smallest absolute Gasteiger partial charge is 0.296 e. The zero-order valence-electron chi connectivity index (χ0n) is 12.8. The number of nitrogens with zero attached hydrogens (tertiary/aromatic N) is 1. The van der Waals surface area contributed by atoms with Crippen LogP contribution >= 0.6 is 23.2 Å². The minimum Gasteiger partial charge on any atom is -0.502 e. The molecule has 1 heterocycles. The van der Waals surface area contributed by atoms with E-state index in [-0.39, 0.29) is 28.5 Å². The average molecular weight is 380 g/mol. The average Bonchev–Trinajstić information content (AvgIpc) is 2.78. The van der Waals surface area contributed by atoms with Gasteiger partial charge in [0.05, 0.1) is 10.6 Å². The SMILES string of the molecule is O=C1C(O)=C(c2ccc(Cl)cc2Cl)C(=O)N1CCc1ccc(F)cc1. The van der Waals surface area contributed by atoms with E-state index < -0.39 is 17.6 Å². The lowest BCUT2D eigenvalue weighted by molar-refractivity contribution is -0.138. The number of benzene rings is 2. The fourth-order valence-corrected chi connectivity index (χ4v) is 3.10. The third kappa shape index (κ3) is 3.38. The second-order valence-corrected chi connectivity index (χ2v) is 6.33. The van der Waals surface area contributed by atoms with Crippen molar-refractivity contribution in [1.29, 1.82) is 0 Å². The Morgan fingerprint density at radius 1 is 1.00 bits per heavy atom. The van der Waals surface area contributed by atoms with Crippen LogP contribution in [-0.4, -0.2) is 28.4 Å². The Morgan fingerprint density at radius 3 is 2.32 bits per heavy atom. The summed E-state index contributed by atoms with van der Waals surface area (Å²) < 4.78 is 12.9. The molecule has 1 N–H and O–H groups in total. The number of hydrogen-bond acceptors (Lipinski definition) is 3. The highest BCUT2D eigenvalue weighted by Gasteiger charge is 2.39. The molecule has 0 fully saturated rings. The van der Waals surface area contributed by atoms with E-state index >= 15 is 0 Å². The maximum Gasteiger partial charge on any atom is 0.296 e. The van der Waals surface area contributed by atoms with Crippen LogP contribution in [-0.2, 0) is 16.0 Å². The first-order valence-electron chi connectivity index (χ1n) is 7.38. The highest BCUT2D eigenvalue weighted by molar-refractivity contribution is 6.40. The van der Waals surface area contributed by atoms with Gasteiger partial charge in [0.2, 0.25) is 0 Å². The number of carbonyl (C=O) groups excluding carboxylic acids is 2. The van der Waals surface area contributed by atoms with Gasteiger partial charge >= 0.3 is 0 Å². The Morgan fingerprint density at radius 2 is 1.68 bits per heavy atom. The summed E-state index contributed by atoms with van der Waals surface area (Å²) in [4.78, 5) is 25.7. The lowest BCUT2D eigenvalue weighted by Crippen LogP contribution is -2.33. The normalized spacial score (nSPS) is 14.6. The van der Waals surface area contributed by atoms with Gasteiger partial charge in [0, 0.05) is 17.1 Å². The molecule has 0 aliphatic carbocycles. The van der Waals surface area contributed by atoms with Crippen molar-refractivity contribution >= 4 is 40.6 Å². The minimum absolute atomic E-state index is 0.0576. The summed E-state index contributed by atoms with van der Waals surface area (Å²) in [7, 11) is 0. The molecule has 2 amide bonds. The maximum absolute atomic E-state index is 12.9. The Hall–Kier alpha value is -2.37. The maximum atomic E-state index is 12.9. The fraction of sp³-hybridized carbons (Fsp3) is 0.111. The monoisotopic (exact) mass is 379 g/mol. The van der Waals surface area contributed by atoms with Crippen LogP contribution in [0.3, 0.4) is 0 Å². The number of hydrogen-bond donors (Lipinski definition) is 1. The largest absolute Gasteiger partial charge is 0.502 e. The van der Waals surface area contributed by atoms with Crippen molar-refractivity contribution in [2.45, 2.75) is 6.42 Å². The van der Waals surface area contributed by atoms with Crippen molar-refractivity contribution in [3.63, 3.8) is 0 Å². The summed E-state index contributed by atoms with van der Waals surface area (Å²) in [6.45, 7) is 0.0576. The Balaban J connectivity index is 1.82. The van der Waals surface area contributed by atoms with Crippen LogP contribution in [0.1, 0.15) is 11.1 Å². The van der Waals surface area contributed by atoms with Gasteiger partial charge < -0.3 is 5.11 Å². The first-order chi connectivity index (χ1) is 11.9. The number of aliphatic hydroxyl groups is 1. The summed E-state index contributed by atoms with van der Waals surface area (Å²) >= 11 is 11.9. The molecule has 0 unspecified atom stereocenters.